The maximum Gasteiger partial charge on any atom is 0.242 e. The first kappa shape index (κ1) is 16.7. The summed E-state index contributed by atoms with van der Waals surface area (Å²) in [6.07, 6.45) is 1.87. The van der Waals surface area contributed by atoms with E-state index in [2.05, 4.69) is 36.5 Å². The van der Waals surface area contributed by atoms with Gasteiger partial charge in [0.1, 0.15) is 6.04 Å². The van der Waals surface area contributed by atoms with Crippen LogP contribution < -0.4 is 5.32 Å². The lowest BCUT2D eigenvalue weighted by Gasteiger charge is -2.23. The van der Waals surface area contributed by atoms with Gasteiger partial charge in [0.2, 0.25) is 11.8 Å². The summed E-state index contributed by atoms with van der Waals surface area (Å²) in [6, 6.07) is 12.0. The number of thiophene rings is 1. The highest BCUT2D eigenvalue weighted by Crippen LogP contribution is 2.23. The maximum atomic E-state index is 12.5. The first-order valence-corrected chi connectivity index (χ1v) is 9.16. The van der Waals surface area contributed by atoms with E-state index in [0.717, 1.165) is 11.3 Å². The van der Waals surface area contributed by atoms with Crippen LogP contribution in [0.2, 0.25) is 0 Å². The Hall–Kier alpha value is -2.14. The van der Waals surface area contributed by atoms with Crippen molar-refractivity contribution < 1.29 is 9.59 Å². The van der Waals surface area contributed by atoms with Crippen molar-refractivity contribution in [3.63, 3.8) is 0 Å². The second kappa shape index (κ2) is 7.62. The summed E-state index contributed by atoms with van der Waals surface area (Å²) in [4.78, 5) is 27.4. The van der Waals surface area contributed by atoms with Crippen molar-refractivity contribution in [2.45, 2.75) is 38.8 Å². The van der Waals surface area contributed by atoms with Gasteiger partial charge in [0.05, 0.1) is 6.54 Å². The van der Waals surface area contributed by atoms with E-state index in [1.54, 1.807) is 16.2 Å². The van der Waals surface area contributed by atoms with Gasteiger partial charge in [-0.3, -0.25) is 9.59 Å². The Labute approximate surface area is 146 Å². The number of hydrogen-bond acceptors (Lipinski definition) is 3. The molecule has 2 heterocycles. The molecule has 3 rings (SSSR count). The molecule has 4 nitrogen and oxygen atoms in total. The lowest BCUT2D eigenvalue weighted by molar-refractivity contribution is -0.135. The van der Waals surface area contributed by atoms with Crippen LogP contribution in [-0.4, -0.2) is 29.3 Å². The zero-order chi connectivity index (χ0) is 16.9. The van der Waals surface area contributed by atoms with Gasteiger partial charge in [-0.1, -0.05) is 35.9 Å². The second-order valence-electron chi connectivity index (χ2n) is 6.18. The van der Waals surface area contributed by atoms with Gasteiger partial charge in [0.25, 0.3) is 0 Å². The van der Waals surface area contributed by atoms with Crippen molar-refractivity contribution in [1.82, 2.24) is 10.2 Å². The minimum absolute atomic E-state index is 0.0375. The average molecular weight is 342 g/mol. The molecule has 2 aromatic rings. The number of benzene rings is 1. The quantitative estimate of drug-likeness (QED) is 0.877. The first-order valence-electron chi connectivity index (χ1n) is 8.28. The highest BCUT2D eigenvalue weighted by molar-refractivity contribution is 7.09. The Morgan fingerprint density at radius 1 is 1.29 bits per heavy atom. The van der Waals surface area contributed by atoms with E-state index in [4.69, 9.17) is 0 Å². The molecular weight excluding hydrogens is 320 g/mol. The summed E-state index contributed by atoms with van der Waals surface area (Å²) in [5, 5.41) is 4.98. The number of nitrogens with zero attached hydrogens (tertiary/aromatic N) is 1. The molecule has 24 heavy (non-hydrogen) atoms. The maximum absolute atomic E-state index is 12.5. The predicted octanol–water partition coefficient (Wildman–Crippen LogP) is 2.91. The number of carbonyl (C=O) groups is 2. The van der Waals surface area contributed by atoms with Crippen LogP contribution in [0, 0.1) is 6.92 Å². The summed E-state index contributed by atoms with van der Waals surface area (Å²) < 4.78 is 0. The van der Waals surface area contributed by atoms with Crippen molar-refractivity contribution in [2.24, 2.45) is 0 Å². The molecule has 0 unspecified atom stereocenters. The van der Waals surface area contributed by atoms with Crippen LogP contribution in [-0.2, 0) is 22.6 Å². The zero-order valence-electron chi connectivity index (χ0n) is 13.8. The molecule has 0 spiro atoms. The molecule has 1 fully saturated rings. The number of nitrogens with one attached hydrogen (secondary N) is 1. The summed E-state index contributed by atoms with van der Waals surface area (Å²) in [7, 11) is 0. The smallest absolute Gasteiger partial charge is 0.242 e. The molecule has 0 aliphatic carbocycles. The zero-order valence-corrected chi connectivity index (χ0v) is 14.6. The third kappa shape index (κ3) is 4.03. The standard InChI is InChI=1S/C19H22N2O2S/c1-14-4-6-15(7-5-14)10-11-20-19(23)17-8-9-18(22)21(17)13-16-3-2-12-24-16/h2-7,12,17H,8-11,13H2,1H3,(H,20,23)/t17-/m0/s1. The number of rotatable bonds is 6. The van der Waals surface area contributed by atoms with Crippen LogP contribution in [0.4, 0.5) is 0 Å². The fourth-order valence-electron chi connectivity index (χ4n) is 2.98. The van der Waals surface area contributed by atoms with Gasteiger partial charge >= 0.3 is 0 Å². The number of amides is 2. The Balaban J connectivity index is 1.53. The fourth-order valence-corrected chi connectivity index (χ4v) is 3.68. The first-order chi connectivity index (χ1) is 11.6. The van der Waals surface area contributed by atoms with E-state index in [-0.39, 0.29) is 17.9 Å². The van der Waals surface area contributed by atoms with Gasteiger partial charge in [-0.25, -0.2) is 0 Å². The minimum atomic E-state index is -0.336. The Bertz CT molecular complexity index is 695. The fraction of sp³-hybridized carbons (Fsp3) is 0.368. The van der Waals surface area contributed by atoms with Crippen LogP contribution in [0.25, 0.3) is 0 Å². The van der Waals surface area contributed by atoms with E-state index < -0.39 is 0 Å². The van der Waals surface area contributed by atoms with Gasteiger partial charge in [0, 0.05) is 17.8 Å². The molecule has 1 atom stereocenters. The second-order valence-corrected chi connectivity index (χ2v) is 7.21. The van der Waals surface area contributed by atoms with Crippen LogP contribution in [0.15, 0.2) is 41.8 Å². The lowest BCUT2D eigenvalue weighted by atomic mass is 10.1. The molecule has 5 heteroatoms. The molecule has 1 aliphatic heterocycles. The summed E-state index contributed by atoms with van der Waals surface area (Å²) in [5.41, 5.74) is 2.44. The monoisotopic (exact) mass is 342 g/mol. The molecule has 2 amide bonds. The topological polar surface area (TPSA) is 49.4 Å². The van der Waals surface area contributed by atoms with Crippen molar-refractivity contribution in [1.29, 1.82) is 0 Å². The normalized spacial score (nSPS) is 17.3. The van der Waals surface area contributed by atoms with Gasteiger partial charge in [-0.15, -0.1) is 11.3 Å². The molecule has 0 radical (unpaired) electrons. The number of hydrogen-bond donors (Lipinski definition) is 1. The van der Waals surface area contributed by atoms with Crippen molar-refractivity contribution >= 4 is 23.2 Å². The predicted molar refractivity (Wildman–Crippen MR) is 95.8 cm³/mol. The average Bonchev–Trinajstić information content (AvgIpc) is 3.20. The summed E-state index contributed by atoms with van der Waals surface area (Å²) in [6.45, 7) is 3.19. The van der Waals surface area contributed by atoms with E-state index in [9.17, 15) is 9.59 Å². The Morgan fingerprint density at radius 2 is 2.08 bits per heavy atom. The highest BCUT2D eigenvalue weighted by Gasteiger charge is 2.35. The van der Waals surface area contributed by atoms with Crippen LogP contribution in [0.3, 0.4) is 0 Å². The minimum Gasteiger partial charge on any atom is -0.354 e. The van der Waals surface area contributed by atoms with E-state index in [1.807, 2.05) is 17.5 Å². The van der Waals surface area contributed by atoms with Crippen molar-refractivity contribution in [3.05, 3.63) is 57.8 Å². The highest BCUT2D eigenvalue weighted by atomic mass is 32.1. The summed E-state index contributed by atoms with van der Waals surface area (Å²) in [5.74, 6) is 0.0339. The van der Waals surface area contributed by atoms with E-state index >= 15 is 0 Å². The number of likely N-dealkylation sites (tertiary alicyclic amines) is 1. The van der Waals surface area contributed by atoms with Crippen LogP contribution in [0.5, 0.6) is 0 Å². The van der Waals surface area contributed by atoms with Gasteiger partial charge in [-0.05, 0) is 36.8 Å². The number of aryl methyl sites for hydroxylation is 1. The molecule has 1 aromatic carbocycles. The molecule has 0 bridgehead atoms. The van der Waals surface area contributed by atoms with E-state index in [0.29, 0.717) is 25.9 Å². The molecule has 1 N–H and O–H groups in total. The summed E-state index contributed by atoms with van der Waals surface area (Å²) >= 11 is 1.62. The molecule has 1 aromatic heterocycles. The van der Waals surface area contributed by atoms with Gasteiger partial charge in [0.15, 0.2) is 0 Å². The molecule has 0 saturated carbocycles. The molecule has 1 aliphatic rings. The van der Waals surface area contributed by atoms with Crippen LogP contribution in [0.1, 0.15) is 28.8 Å². The van der Waals surface area contributed by atoms with Gasteiger partial charge < -0.3 is 10.2 Å². The van der Waals surface area contributed by atoms with Crippen molar-refractivity contribution in [2.75, 3.05) is 6.54 Å². The Kier molecular flexibility index (Phi) is 5.30. The number of carbonyl (C=O) groups excluding carboxylic acids is 2. The van der Waals surface area contributed by atoms with Gasteiger partial charge in [-0.2, -0.15) is 0 Å². The Morgan fingerprint density at radius 3 is 2.79 bits per heavy atom. The third-order valence-electron chi connectivity index (χ3n) is 4.37. The third-order valence-corrected chi connectivity index (χ3v) is 5.23. The SMILES string of the molecule is Cc1ccc(CCNC(=O)[C@@H]2CCC(=O)N2Cc2cccs2)cc1. The molecular formula is C19H22N2O2S. The van der Waals surface area contributed by atoms with Crippen LogP contribution >= 0.6 is 11.3 Å². The van der Waals surface area contributed by atoms with Crippen molar-refractivity contribution in [3.8, 4) is 0 Å². The largest absolute Gasteiger partial charge is 0.354 e. The van der Waals surface area contributed by atoms with E-state index in [1.165, 1.54) is 11.1 Å². The lowest BCUT2D eigenvalue weighted by Crippen LogP contribution is -2.44. The molecule has 126 valence electrons. The molecule has 1 saturated heterocycles.